The van der Waals surface area contributed by atoms with Crippen LogP contribution >= 0.6 is 0 Å². The normalized spacial score (nSPS) is 10.3. The number of benzene rings is 2. The zero-order valence-corrected chi connectivity index (χ0v) is 14.1. The molecule has 0 spiro atoms. The number of nitro benzene ring substituents is 1. The Morgan fingerprint density at radius 2 is 2.00 bits per heavy atom. The van der Waals surface area contributed by atoms with Crippen LogP contribution in [0, 0.1) is 17.0 Å². The van der Waals surface area contributed by atoms with E-state index in [1.54, 1.807) is 24.5 Å². The summed E-state index contributed by atoms with van der Waals surface area (Å²) in [7, 11) is 0. The molecule has 132 valence electrons. The van der Waals surface area contributed by atoms with E-state index < -0.39 is 10.8 Å². The number of nitro groups is 1. The number of non-ortho nitro benzene ring substituents is 1. The predicted octanol–water partition coefficient (Wildman–Crippen LogP) is 4.36. The second-order valence-electron chi connectivity index (χ2n) is 5.74. The fraction of sp³-hybridized carbons (Fsp3) is 0.105. The predicted molar refractivity (Wildman–Crippen MR) is 98.3 cm³/mol. The highest BCUT2D eigenvalue weighted by Crippen LogP contribution is 2.24. The van der Waals surface area contributed by atoms with Crippen LogP contribution in [0.2, 0.25) is 0 Å². The van der Waals surface area contributed by atoms with Crippen LogP contribution in [0.3, 0.4) is 0 Å². The van der Waals surface area contributed by atoms with Crippen LogP contribution in [0.1, 0.15) is 21.7 Å². The maximum atomic E-state index is 12.7. The number of aryl methyl sites for hydroxylation is 1. The average molecular weight is 351 g/mol. The molecule has 7 heteroatoms. The molecule has 0 aliphatic carbocycles. The first-order valence-electron chi connectivity index (χ1n) is 7.95. The van der Waals surface area contributed by atoms with E-state index in [1.807, 2.05) is 25.1 Å². The van der Waals surface area contributed by atoms with Gasteiger partial charge in [0.05, 0.1) is 23.3 Å². The Morgan fingerprint density at radius 3 is 2.69 bits per heavy atom. The van der Waals surface area contributed by atoms with E-state index in [0.717, 1.165) is 5.56 Å². The number of hydrogen-bond donors (Lipinski definition) is 2. The molecule has 7 nitrogen and oxygen atoms in total. The summed E-state index contributed by atoms with van der Waals surface area (Å²) in [6, 6.07) is 15.0. The lowest BCUT2D eigenvalue weighted by molar-refractivity contribution is -0.384. The van der Waals surface area contributed by atoms with Gasteiger partial charge in [-0.05, 0) is 42.8 Å². The lowest BCUT2D eigenvalue weighted by atomic mass is 10.1. The lowest BCUT2D eigenvalue weighted by Crippen LogP contribution is -2.15. The van der Waals surface area contributed by atoms with E-state index >= 15 is 0 Å². The molecular weight excluding hydrogens is 334 g/mol. The summed E-state index contributed by atoms with van der Waals surface area (Å²) >= 11 is 0. The molecule has 0 bridgehead atoms. The molecule has 26 heavy (non-hydrogen) atoms. The Bertz CT molecular complexity index is 936. The van der Waals surface area contributed by atoms with Crippen molar-refractivity contribution in [1.29, 1.82) is 0 Å². The SMILES string of the molecule is Cc1cccc(NC(=O)c2cc([N+](=O)[O-])ccc2NCc2ccco2)c1. The molecule has 0 unspecified atom stereocenters. The summed E-state index contributed by atoms with van der Waals surface area (Å²) in [6.45, 7) is 2.27. The molecule has 0 saturated carbocycles. The van der Waals surface area contributed by atoms with E-state index in [1.165, 1.54) is 18.2 Å². The van der Waals surface area contributed by atoms with Gasteiger partial charge in [0.15, 0.2) is 0 Å². The van der Waals surface area contributed by atoms with Gasteiger partial charge in [0, 0.05) is 23.5 Å². The maximum absolute atomic E-state index is 12.7. The van der Waals surface area contributed by atoms with Gasteiger partial charge in [0.25, 0.3) is 11.6 Å². The number of furan rings is 1. The van der Waals surface area contributed by atoms with Gasteiger partial charge in [-0.15, -0.1) is 0 Å². The first kappa shape index (κ1) is 17.2. The molecule has 1 amide bonds. The van der Waals surface area contributed by atoms with Gasteiger partial charge in [-0.2, -0.15) is 0 Å². The van der Waals surface area contributed by atoms with Gasteiger partial charge in [0.1, 0.15) is 5.76 Å². The van der Waals surface area contributed by atoms with Crippen LogP contribution in [0.5, 0.6) is 0 Å². The van der Waals surface area contributed by atoms with E-state index in [2.05, 4.69) is 10.6 Å². The number of anilines is 2. The first-order chi connectivity index (χ1) is 12.5. The van der Waals surface area contributed by atoms with E-state index in [9.17, 15) is 14.9 Å². The van der Waals surface area contributed by atoms with E-state index in [4.69, 9.17) is 4.42 Å². The highest BCUT2D eigenvalue weighted by molar-refractivity contribution is 6.08. The summed E-state index contributed by atoms with van der Waals surface area (Å²) in [4.78, 5) is 23.2. The summed E-state index contributed by atoms with van der Waals surface area (Å²) in [5, 5.41) is 16.9. The smallest absolute Gasteiger partial charge is 0.270 e. The molecule has 0 fully saturated rings. The zero-order chi connectivity index (χ0) is 18.5. The largest absolute Gasteiger partial charge is 0.467 e. The van der Waals surface area contributed by atoms with Gasteiger partial charge >= 0.3 is 0 Å². The number of nitrogens with one attached hydrogen (secondary N) is 2. The van der Waals surface area contributed by atoms with Crippen molar-refractivity contribution in [2.45, 2.75) is 13.5 Å². The minimum atomic E-state index is -0.528. The minimum absolute atomic E-state index is 0.150. The molecule has 2 aromatic carbocycles. The zero-order valence-electron chi connectivity index (χ0n) is 14.1. The van der Waals surface area contributed by atoms with Crippen molar-refractivity contribution in [3.63, 3.8) is 0 Å². The number of carbonyl (C=O) groups excluding carboxylic acids is 1. The third-order valence-electron chi connectivity index (χ3n) is 3.77. The van der Waals surface area contributed by atoms with Crippen molar-refractivity contribution in [3.8, 4) is 0 Å². The van der Waals surface area contributed by atoms with Crippen LogP contribution in [-0.4, -0.2) is 10.8 Å². The fourth-order valence-corrected chi connectivity index (χ4v) is 2.50. The highest BCUT2D eigenvalue weighted by atomic mass is 16.6. The molecule has 3 aromatic rings. The van der Waals surface area contributed by atoms with Crippen LogP contribution < -0.4 is 10.6 Å². The number of nitrogens with zero attached hydrogens (tertiary/aromatic N) is 1. The molecule has 0 saturated heterocycles. The third-order valence-corrected chi connectivity index (χ3v) is 3.77. The molecule has 0 aliphatic heterocycles. The van der Waals surface area contributed by atoms with Gasteiger partial charge in [0.2, 0.25) is 0 Å². The maximum Gasteiger partial charge on any atom is 0.270 e. The highest BCUT2D eigenvalue weighted by Gasteiger charge is 2.17. The summed E-state index contributed by atoms with van der Waals surface area (Å²) < 4.78 is 5.26. The van der Waals surface area contributed by atoms with Gasteiger partial charge in [-0.3, -0.25) is 14.9 Å². The van der Waals surface area contributed by atoms with Crippen molar-refractivity contribution in [2.75, 3.05) is 10.6 Å². The number of carbonyl (C=O) groups is 1. The minimum Gasteiger partial charge on any atom is -0.467 e. The van der Waals surface area contributed by atoms with E-state index in [-0.39, 0.29) is 11.3 Å². The van der Waals surface area contributed by atoms with Crippen molar-refractivity contribution in [2.24, 2.45) is 0 Å². The Kier molecular flexibility index (Phi) is 4.98. The third kappa shape index (κ3) is 4.07. The van der Waals surface area contributed by atoms with Crippen molar-refractivity contribution >= 4 is 23.0 Å². The molecule has 1 heterocycles. The molecule has 0 atom stereocenters. The molecule has 1 aromatic heterocycles. The average Bonchev–Trinajstić information content (AvgIpc) is 3.13. The Morgan fingerprint density at radius 1 is 1.15 bits per heavy atom. The Labute approximate surface area is 149 Å². The molecule has 0 radical (unpaired) electrons. The Balaban J connectivity index is 1.87. The van der Waals surface area contributed by atoms with Gasteiger partial charge in [-0.1, -0.05) is 12.1 Å². The molecular formula is C19H17N3O4. The summed E-state index contributed by atoms with van der Waals surface area (Å²) in [6.07, 6.45) is 1.55. The molecule has 2 N–H and O–H groups in total. The van der Waals surface area contributed by atoms with Gasteiger partial charge in [-0.25, -0.2) is 0 Å². The standard InChI is InChI=1S/C19H17N3O4/c1-13-4-2-5-14(10-13)21-19(23)17-11-15(22(24)25)7-8-18(17)20-12-16-6-3-9-26-16/h2-11,20H,12H2,1H3,(H,21,23). The topological polar surface area (TPSA) is 97.4 Å². The van der Waals surface area contributed by atoms with Crippen LogP contribution in [0.25, 0.3) is 0 Å². The monoisotopic (exact) mass is 351 g/mol. The second-order valence-corrected chi connectivity index (χ2v) is 5.74. The molecule has 0 aliphatic rings. The number of hydrogen-bond acceptors (Lipinski definition) is 5. The quantitative estimate of drug-likeness (QED) is 0.508. The van der Waals surface area contributed by atoms with Crippen molar-refractivity contribution in [3.05, 3.63) is 87.9 Å². The second kappa shape index (κ2) is 7.52. The van der Waals surface area contributed by atoms with Crippen LogP contribution in [0.15, 0.2) is 65.3 Å². The summed E-state index contributed by atoms with van der Waals surface area (Å²) in [5.74, 6) is 0.259. The first-order valence-corrected chi connectivity index (χ1v) is 7.95. The summed E-state index contributed by atoms with van der Waals surface area (Å²) in [5.41, 5.74) is 2.14. The van der Waals surface area contributed by atoms with Gasteiger partial charge < -0.3 is 15.1 Å². The number of amides is 1. The van der Waals surface area contributed by atoms with Crippen LogP contribution in [-0.2, 0) is 6.54 Å². The van der Waals surface area contributed by atoms with E-state index in [0.29, 0.717) is 23.7 Å². The fourth-order valence-electron chi connectivity index (χ4n) is 2.50. The van der Waals surface area contributed by atoms with Crippen molar-refractivity contribution in [1.82, 2.24) is 0 Å². The number of rotatable bonds is 6. The van der Waals surface area contributed by atoms with Crippen LogP contribution in [0.4, 0.5) is 17.1 Å². The molecule has 3 rings (SSSR count). The van der Waals surface area contributed by atoms with Crippen molar-refractivity contribution < 1.29 is 14.1 Å². The Hall–Kier alpha value is -3.61. The lowest BCUT2D eigenvalue weighted by Gasteiger charge is -2.12.